The second kappa shape index (κ2) is 5.03. The largest absolute Gasteiger partial charge is 0.444 e. The number of carbonyl (C=O) groups excluding carboxylic acids is 1. The van der Waals surface area contributed by atoms with Crippen molar-refractivity contribution < 1.29 is 13.9 Å². The molecule has 0 radical (unpaired) electrons. The minimum Gasteiger partial charge on any atom is -0.444 e. The molecule has 104 valence electrons. The molecule has 18 heavy (non-hydrogen) atoms. The van der Waals surface area contributed by atoms with E-state index < -0.39 is 11.8 Å². The maximum Gasteiger partial charge on any atom is 0.410 e. The zero-order valence-corrected chi connectivity index (χ0v) is 11.4. The number of carbonyl (C=O) groups is 1. The summed E-state index contributed by atoms with van der Waals surface area (Å²) in [6.45, 7) is 7.68. The van der Waals surface area contributed by atoms with E-state index in [0.29, 0.717) is 31.8 Å². The molecule has 2 unspecified atom stereocenters. The minimum absolute atomic E-state index is 0.215. The van der Waals surface area contributed by atoms with Crippen LogP contribution in [0.4, 0.5) is 9.18 Å². The van der Waals surface area contributed by atoms with Crippen molar-refractivity contribution in [2.75, 3.05) is 19.6 Å². The Balaban J connectivity index is 1.75. The third-order valence-corrected chi connectivity index (χ3v) is 3.50. The Bertz CT molecular complexity index is 311. The second-order valence-corrected chi connectivity index (χ2v) is 6.33. The van der Waals surface area contributed by atoms with Gasteiger partial charge in [-0.1, -0.05) is 0 Å². The van der Waals surface area contributed by atoms with Crippen LogP contribution in [0, 0.1) is 5.92 Å². The molecular formula is C13H23FN2O2. The van der Waals surface area contributed by atoms with Gasteiger partial charge in [0.1, 0.15) is 11.8 Å². The maximum absolute atomic E-state index is 13.3. The van der Waals surface area contributed by atoms with Crippen LogP contribution in [0.2, 0.25) is 0 Å². The van der Waals surface area contributed by atoms with Gasteiger partial charge in [-0.15, -0.1) is 0 Å². The van der Waals surface area contributed by atoms with E-state index >= 15 is 0 Å². The van der Waals surface area contributed by atoms with Gasteiger partial charge >= 0.3 is 6.09 Å². The third kappa shape index (κ3) is 3.34. The number of alkyl halides is 1. The summed E-state index contributed by atoms with van der Waals surface area (Å²) in [4.78, 5) is 13.4. The first-order chi connectivity index (χ1) is 8.35. The number of hydrogen-bond acceptors (Lipinski definition) is 3. The predicted molar refractivity (Wildman–Crippen MR) is 67.2 cm³/mol. The molecule has 2 fully saturated rings. The summed E-state index contributed by atoms with van der Waals surface area (Å²) < 4.78 is 18.6. The fourth-order valence-electron chi connectivity index (χ4n) is 2.50. The lowest BCUT2D eigenvalue weighted by Gasteiger charge is -2.45. The zero-order valence-electron chi connectivity index (χ0n) is 11.4. The highest BCUT2D eigenvalue weighted by Gasteiger charge is 2.39. The van der Waals surface area contributed by atoms with E-state index in [-0.39, 0.29) is 12.1 Å². The minimum atomic E-state index is -0.688. The molecule has 0 aromatic heterocycles. The van der Waals surface area contributed by atoms with Crippen molar-refractivity contribution >= 4 is 6.09 Å². The molecule has 4 nitrogen and oxygen atoms in total. The first-order valence-corrected chi connectivity index (χ1v) is 6.70. The fourth-order valence-corrected chi connectivity index (χ4v) is 2.50. The van der Waals surface area contributed by atoms with E-state index in [1.54, 1.807) is 4.90 Å². The molecule has 2 atom stereocenters. The molecular weight excluding hydrogens is 235 g/mol. The Labute approximate surface area is 108 Å². The van der Waals surface area contributed by atoms with Crippen LogP contribution in [0.3, 0.4) is 0 Å². The predicted octanol–water partition coefficient (Wildman–Crippen LogP) is 1.94. The summed E-state index contributed by atoms with van der Waals surface area (Å²) in [6, 6.07) is 0.215. The molecule has 0 aromatic carbocycles. The monoisotopic (exact) mass is 258 g/mol. The summed E-state index contributed by atoms with van der Waals surface area (Å²) in [7, 11) is 0. The van der Waals surface area contributed by atoms with Crippen molar-refractivity contribution in [1.29, 1.82) is 0 Å². The molecule has 2 aliphatic heterocycles. The van der Waals surface area contributed by atoms with Crippen molar-refractivity contribution in [3.05, 3.63) is 0 Å². The molecule has 2 aliphatic rings. The standard InChI is InChI=1S/C13H23FN2O2/c1-13(2,3)18-12(17)16-7-9(8-16)11-6-10(14)4-5-15-11/h9-11,15H,4-8H2,1-3H3. The highest BCUT2D eigenvalue weighted by molar-refractivity contribution is 5.69. The number of rotatable bonds is 1. The van der Waals surface area contributed by atoms with Crippen LogP contribution in [0.1, 0.15) is 33.6 Å². The highest BCUT2D eigenvalue weighted by Crippen LogP contribution is 2.27. The van der Waals surface area contributed by atoms with E-state index in [4.69, 9.17) is 4.74 Å². The quantitative estimate of drug-likeness (QED) is 0.781. The molecule has 0 bridgehead atoms. The van der Waals surface area contributed by atoms with Gasteiger partial charge in [0.25, 0.3) is 0 Å². The molecule has 2 heterocycles. The van der Waals surface area contributed by atoms with Gasteiger partial charge in [-0.25, -0.2) is 9.18 Å². The molecule has 2 rings (SSSR count). The van der Waals surface area contributed by atoms with E-state index in [0.717, 1.165) is 6.54 Å². The van der Waals surface area contributed by atoms with E-state index in [1.807, 2.05) is 20.8 Å². The van der Waals surface area contributed by atoms with Gasteiger partial charge in [0, 0.05) is 25.0 Å². The van der Waals surface area contributed by atoms with Crippen molar-refractivity contribution in [1.82, 2.24) is 10.2 Å². The fraction of sp³-hybridized carbons (Fsp3) is 0.923. The smallest absolute Gasteiger partial charge is 0.410 e. The van der Waals surface area contributed by atoms with Gasteiger partial charge in [0.05, 0.1) is 0 Å². The van der Waals surface area contributed by atoms with E-state index in [9.17, 15) is 9.18 Å². The van der Waals surface area contributed by atoms with Crippen LogP contribution in [0.5, 0.6) is 0 Å². The molecule has 1 N–H and O–H groups in total. The number of amides is 1. The summed E-state index contributed by atoms with van der Waals surface area (Å²) in [5.41, 5.74) is -0.449. The number of likely N-dealkylation sites (tertiary alicyclic amines) is 1. The molecule has 0 saturated carbocycles. The average molecular weight is 258 g/mol. The second-order valence-electron chi connectivity index (χ2n) is 6.33. The Hall–Kier alpha value is -0.840. The normalized spacial score (nSPS) is 29.9. The Morgan fingerprint density at radius 3 is 2.61 bits per heavy atom. The number of nitrogens with zero attached hydrogens (tertiary/aromatic N) is 1. The lowest BCUT2D eigenvalue weighted by molar-refractivity contribution is -0.0107. The molecule has 0 aliphatic carbocycles. The van der Waals surface area contributed by atoms with Gasteiger partial charge in [-0.2, -0.15) is 0 Å². The number of piperidine rings is 1. The number of nitrogens with one attached hydrogen (secondary N) is 1. The van der Waals surface area contributed by atoms with Crippen LogP contribution in [-0.2, 0) is 4.74 Å². The van der Waals surface area contributed by atoms with Crippen LogP contribution in [-0.4, -0.2) is 48.4 Å². The Kier molecular flexibility index (Phi) is 3.80. The van der Waals surface area contributed by atoms with Crippen molar-refractivity contribution in [3.63, 3.8) is 0 Å². The Morgan fingerprint density at radius 1 is 1.39 bits per heavy atom. The van der Waals surface area contributed by atoms with Crippen LogP contribution in [0.15, 0.2) is 0 Å². The molecule has 2 saturated heterocycles. The van der Waals surface area contributed by atoms with Crippen LogP contribution >= 0.6 is 0 Å². The third-order valence-electron chi connectivity index (χ3n) is 3.50. The number of hydrogen-bond donors (Lipinski definition) is 1. The SMILES string of the molecule is CC(C)(C)OC(=O)N1CC(C2CC(F)CCN2)C1. The first-order valence-electron chi connectivity index (χ1n) is 6.70. The molecule has 0 aromatic rings. The number of ether oxygens (including phenoxy) is 1. The van der Waals surface area contributed by atoms with Crippen LogP contribution in [0.25, 0.3) is 0 Å². The van der Waals surface area contributed by atoms with Crippen molar-refractivity contribution in [3.8, 4) is 0 Å². The maximum atomic E-state index is 13.3. The number of halogens is 1. The van der Waals surface area contributed by atoms with Gasteiger partial charge in [-0.3, -0.25) is 0 Å². The van der Waals surface area contributed by atoms with E-state index in [2.05, 4.69) is 5.32 Å². The summed E-state index contributed by atoms with van der Waals surface area (Å²) in [6.07, 6.45) is 0.240. The summed E-state index contributed by atoms with van der Waals surface area (Å²) in [5, 5.41) is 3.34. The lowest BCUT2D eigenvalue weighted by atomic mass is 9.86. The van der Waals surface area contributed by atoms with E-state index in [1.165, 1.54) is 0 Å². The first kappa shape index (κ1) is 13.6. The van der Waals surface area contributed by atoms with Crippen LogP contribution < -0.4 is 5.32 Å². The zero-order chi connectivity index (χ0) is 13.3. The van der Waals surface area contributed by atoms with Crippen molar-refractivity contribution in [2.45, 2.75) is 51.4 Å². The summed E-state index contributed by atoms with van der Waals surface area (Å²) >= 11 is 0. The highest BCUT2D eigenvalue weighted by atomic mass is 19.1. The molecule has 1 amide bonds. The molecule has 5 heteroatoms. The Morgan fingerprint density at radius 2 is 2.06 bits per heavy atom. The van der Waals surface area contributed by atoms with Gasteiger partial charge in [-0.05, 0) is 40.2 Å². The van der Waals surface area contributed by atoms with Crippen molar-refractivity contribution in [2.24, 2.45) is 5.92 Å². The topological polar surface area (TPSA) is 41.6 Å². The van der Waals surface area contributed by atoms with Gasteiger partial charge < -0.3 is 15.0 Å². The summed E-state index contributed by atoms with van der Waals surface area (Å²) in [5.74, 6) is 0.371. The average Bonchev–Trinajstić information content (AvgIpc) is 2.11. The van der Waals surface area contributed by atoms with Gasteiger partial charge in [0.2, 0.25) is 0 Å². The molecule has 0 spiro atoms. The lowest BCUT2D eigenvalue weighted by Crippen LogP contribution is -2.59. The van der Waals surface area contributed by atoms with Gasteiger partial charge in [0.15, 0.2) is 0 Å².